The first kappa shape index (κ1) is 14.4. The van der Waals surface area contributed by atoms with E-state index in [1.165, 1.54) is 49.8 Å². The molecule has 1 aromatic carbocycles. The highest BCUT2D eigenvalue weighted by Crippen LogP contribution is 2.39. The van der Waals surface area contributed by atoms with E-state index in [0.29, 0.717) is 6.04 Å². The number of anilines is 1. The number of hydrogen-bond acceptors (Lipinski definition) is 2. The normalized spacial score (nSPS) is 25.6. The van der Waals surface area contributed by atoms with Gasteiger partial charge in [-0.25, -0.2) is 0 Å². The maximum absolute atomic E-state index is 6.18. The van der Waals surface area contributed by atoms with E-state index < -0.39 is 0 Å². The topological polar surface area (TPSA) is 21.3 Å². The van der Waals surface area contributed by atoms with Crippen LogP contribution >= 0.6 is 15.9 Å². The van der Waals surface area contributed by atoms with Crippen molar-refractivity contribution in [3.63, 3.8) is 0 Å². The summed E-state index contributed by atoms with van der Waals surface area (Å²) < 4.78 is 7.32. The summed E-state index contributed by atoms with van der Waals surface area (Å²) in [5.74, 6) is 0. The summed E-state index contributed by atoms with van der Waals surface area (Å²) in [5, 5.41) is 3.75. The van der Waals surface area contributed by atoms with Crippen molar-refractivity contribution in [3.8, 4) is 0 Å². The Kier molecular flexibility index (Phi) is 4.37. The summed E-state index contributed by atoms with van der Waals surface area (Å²) in [5.41, 5.74) is 2.75. The molecule has 2 aliphatic rings. The van der Waals surface area contributed by atoms with Gasteiger partial charge in [-0.15, -0.1) is 0 Å². The van der Waals surface area contributed by atoms with Crippen molar-refractivity contribution >= 4 is 21.6 Å². The molecule has 1 aliphatic carbocycles. The molecule has 1 atom stereocenters. The molecule has 1 heterocycles. The molecule has 2 nitrogen and oxygen atoms in total. The smallest absolute Gasteiger partial charge is 0.0702 e. The highest BCUT2D eigenvalue weighted by atomic mass is 79.9. The van der Waals surface area contributed by atoms with Crippen molar-refractivity contribution in [2.75, 3.05) is 11.9 Å². The van der Waals surface area contributed by atoms with Gasteiger partial charge in [0.2, 0.25) is 0 Å². The fourth-order valence-electron chi connectivity index (χ4n) is 3.67. The third-order valence-electron chi connectivity index (χ3n) is 4.82. The van der Waals surface area contributed by atoms with Crippen molar-refractivity contribution in [2.45, 2.75) is 63.5 Å². The lowest BCUT2D eigenvalue weighted by molar-refractivity contribution is -0.103. The van der Waals surface area contributed by atoms with E-state index in [9.17, 15) is 0 Å². The summed E-state index contributed by atoms with van der Waals surface area (Å²) in [6, 6.07) is 7.02. The fraction of sp³-hybridized carbons (Fsp3) is 0.647. The first-order valence-electron chi connectivity index (χ1n) is 7.84. The van der Waals surface area contributed by atoms with Crippen LogP contribution in [0.4, 0.5) is 5.69 Å². The number of nitrogens with one attached hydrogen (secondary N) is 1. The molecule has 20 heavy (non-hydrogen) atoms. The number of rotatable bonds is 2. The molecule has 1 saturated carbocycles. The van der Waals surface area contributed by atoms with Crippen LogP contribution in [0.2, 0.25) is 0 Å². The molecule has 3 rings (SSSR count). The maximum atomic E-state index is 6.18. The molecule has 0 radical (unpaired) electrons. The van der Waals surface area contributed by atoms with Crippen molar-refractivity contribution in [1.82, 2.24) is 0 Å². The van der Waals surface area contributed by atoms with Gasteiger partial charge in [0.25, 0.3) is 0 Å². The highest BCUT2D eigenvalue weighted by molar-refractivity contribution is 9.10. The number of aryl methyl sites for hydroxylation is 1. The molecule has 1 aromatic rings. The predicted molar refractivity (Wildman–Crippen MR) is 87.3 cm³/mol. The Labute approximate surface area is 130 Å². The predicted octanol–water partition coefficient (Wildman–Crippen LogP) is 5.05. The summed E-state index contributed by atoms with van der Waals surface area (Å²) >= 11 is 3.57. The second kappa shape index (κ2) is 6.07. The van der Waals surface area contributed by atoms with E-state index in [1.54, 1.807) is 0 Å². The molecule has 0 bridgehead atoms. The van der Waals surface area contributed by atoms with Crippen molar-refractivity contribution in [1.29, 1.82) is 0 Å². The van der Waals surface area contributed by atoms with Crippen molar-refractivity contribution in [3.05, 3.63) is 28.2 Å². The minimum absolute atomic E-state index is 0.175. The first-order valence-corrected chi connectivity index (χ1v) is 8.63. The van der Waals surface area contributed by atoms with E-state index in [2.05, 4.69) is 46.4 Å². The van der Waals surface area contributed by atoms with Crippen molar-refractivity contribution < 1.29 is 4.74 Å². The molecule has 1 N–H and O–H groups in total. The quantitative estimate of drug-likeness (QED) is 0.815. The third-order valence-corrected chi connectivity index (χ3v) is 5.31. The molecule has 110 valence electrons. The summed E-state index contributed by atoms with van der Waals surface area (Å²) in [6.45, 7) is 3.08. The Morgan fingerprint density at radius 3 is 2.85 bits per heavy atom. The lowest BCUT2D eigenvalue weighted by Crippen LogP contribution is -2.45. The average molecular weight is 338 g/mol. The molecule has 1 spiro atoms. The standard InChI is InChI=1S/C17H24BrNO/c1-13-5-6-14(18)11-16(13)19-15-7-10-20-17(12-15)8-3-2-4-9-17/h5-6,11,15,19H,2-4,7-10,12H2,1H3. The highest BCUT2D eigenvalue weighted by Gasteiger charge is 2.38. The van der Waals surface area contributed by atoms with E-state index in [4.69, 9.17) is 4.74 Å². The molecule has 0 amide bonds. The second-order valence-corrected chi connectivity index (χ2v) is 7.30. The zero-order chi connectivity index (χ0) is 14.0. The van der Waals surface area contributed by atoms with Gasteiger partial charge in [-0.1, -0.05) is 41.3 Å². The van der Waals surface area contributed by atoms with Gasteiger partial charge in [0.15, 0.2) is 0 Å². The second-order valence-electron chi connectivity index (χ2n) is 6.39. The zero-order valence-electron chi connectivity index (χ0n) is 12.3. The maximum Gasteiger partial charge on any atom is 0.0702 e. The molecule has 3 heteroatoms. The van der Waals surface area contributed by atoms with Gasteiger partial charge >= 0.3 is 0 Å². The Morgan fingerprint density at radius 2 is 2.05 bits per heavy atom. The Hall–Kier alpha value is -0.540. The fourth-order valence-corrected chi connectivity index (χ4v) is 4.03. The van der Waals surface area contributed by atoms with Crippen LogP contribution in [0.15, 0.2) is 22.7 Å². The molecule has 1 saturated heterocycles. The van der Waals surface area contributed by atoms with E-state index in [1.807, 2.05) is 0 Å². The Bertz CT molecular complexity index is 463. The van der Waals surface area contributed by atoms with E-state index >= 15 is 0 Å². The summed E-state index contributed by atoms with van der Waals surface area (Å²) in [4.78, 5) is 0. The molecule has 0 aromatic heterocycles. The number of benzene rings is 1. The zero-order valence-corrected chi connectivity index (χ0v) is 13.8. The van der Waals surface area contributed by atoms with Gasteiger partial charge in [0, 0.05) is 22.8 Å². The van der Waals surface area contributed by atoms with Gasteiger partial charge in [0.05, 0.1) is 5.60 Å². The number of halogens is 1. The molecular weight excluding hydrogens is 314 g/mol. The van der Waals surface area contributed by atoms with Gasteiger partial charge in [-0.05, 0) is 50.3 Å². The summed E-state index contributed by atoms with van der Waals surface area (Å²) in [7, 11) is 0. The van der Waals surface area contributed by atoms with Crippen molar-refractivity contribution in [2.24, 2.45) is 0 Å². The van der Waals surface area contributed by atoms with E-state index in [0.717, 1.165) is 17.5 Å². The molecule has 2 fully saturated rings. The van der Waals surface area contributed by atoms with Crippen LogP contribution in [0.25, 0.3) is 0 Å². The van der Waals surface area contributed by atoms with Crippen LogP contribution in [-0.4, -0.2) is 18.2 Å². The van der Waals surface area contributed by atoms with Gasteiger partial charge in [0.1, 0.15) is 0 Å². The average Bonchev–Trinajstić information content (AvgIpc) is 2.44. The van der Waals surface area contributed by atoms with Crippen LogP contribution in [-0.2, 0) is 4.74 Å². The number of hydrogen-bond donors (Lipinski definition) is 1. The summed E-state index contributed by atoms with van der Waals surface area (Å²) in [6.07, 6.45) is 8.84. The Balaban J connectivity index is 1.69. The van der Waals surface area contributed by atoms with Gasteiger partial charge < -0.3 is 10.1 Å². The van der Waals surface area contributed by atoms with Gasteiger partial charge in [-0.3, -0.25) is 0 Å². The minimum Gasteiger partial charge on any atom is -0.382 e. The van der Waals surface area contributed by atoms with Crippen LogP contribution in [0.5, 0.6) is 0 Å². The van der Waals surface area contributed by atoms with Gasteiger partial charge in [-0.2, -0.15) is 0 Å². The molecular formula is C17H24BrNO. The lowest BCUT2D eigenvalue weighted by atomic mass is 9.78. The van der Waals surface area contributed by atoms with Crippen LogP contribution in [0.3, 0.4) is 0 Å². The largest absolute Gasteiger partial charge is 0.382 e. The molecule has 1 unspecified atom stereocenters. The van der Waals surface area contributed by atoms with Crippen LogP contribution in [0, 0.1) is 6.92 Å². The monoisotopic (exact) mass is 337 g/mol. The number of ether oxygens (including phenoxy) is 1. The molecule has 1 aliphatic heterocycles. The third kappa shape index (κ3) is 3.20. The lowest BCUT2D eigenvalue weighted by Gasteiger charge is -2.44. The SMILES string of the molecule is Cc1ccc(Br)cc1NC1CCOC2(CCCCC2)C1. The van der Waals surface area contributed by atoms with E-state index in [-0.39, 0.29) is 5.60 Å². The first-order chi connectivity index (χ1) is 9.67. The van der Waals surface area contributed by atoms with Crippen LogP contribution in [0.1, 0.15) is 50.5 Å². The minimum atomic E-state index is 0.175. The van der Waals surface area contributed by atoms with Crippen LogP contribution < -0.4 is 5.32 Å². The Morgan fingerprint density at radius 1 is 1.25 bits per heavy atom.